The average Bonchev–Trinajstić information content (AvgIpc) is 2.37. The maximum absolute atomic E-state index is 5.76. The topological polar surface area (TPSA) is 21.3 Å². The van der Waals surface area contributed by atoms with Crippen LogP contribution in [0.4, 0.5) is 0 Å². The third-order valence-corrected chi connectivity index (χ3v) is 3.85. The first-order valence-corrected chi connectivity index (χ1v) is 7.35. The SMILES string of the molecule is CCCNC(c1cccc(C)c1C)C(OC)C(C)C. The predicted octanol–water partition coefficient (Wildman–Crippen LogP) is 4.02. The van der Waals surface area contributed by atoms with Crippen LogP contribution in [0.15, 0.2) is 18.2 Å². The van der Waals surface area contributed by atoms with Crippen molar-refractivity contribution in [2.45, 2.75) is 53.2 Å². The Bertz CT molecular complexity index is 387. The molecule has 19 heavy (non-hydrogen) atoms. The van der Waals surface area contributed by atoms with Gasteiger partial charge in [0.25, 0.3) is 0 Å². The summed E-state index contributed by atoms with van der Waals surface area (Å²) in [5.41, 5.74) is 4.09. The van der Waals surface area contributed by atoms with E-state index in [1.54, 1.807) is 0 Å². The van der Waals surface area contributed by atoms with Gasteiger partial charge in [-0.25, -0.2) is 0 Å². The molecule has 1 N–H and O–H groups in total. The first-order valence-electron chi connectivity index (χ1n) is 7.35. The zero-order valence-corrected chi connectivity index (χ0v) is 13.3. The molecule has 0 saturated heterocycles. The van der Waals surface area contributed by atoms with Crippen molar-refractivity contribution in [3.63, 3.8) is 0 Å². The normalized spacial score (nSPS) is 14.7. The van der Waals surface area contributed by atoms with Crippen molar-refractivity contribution in [3.8, 4) is 0 Å². The van der Waals surface area contributed by atoms with Crippen molar-refractivity contribution in [2.75, 3.05) is 13.7 Å². The number of hydrogen-bond donors (Lipinski definition) is 1. The predicted molar refractivity (Wildman–Crippen MR) is 82.6 cm³/mol. The van der Waals surface area contributed by atoms with Gasteiger partial charge in [0, 0.05) is 7.11 Å². The van der Waals surface area contributed by atoms with Crippen molar-refractivity contribution >= 4 is 0 Å². The van der Waals surface area contributed by atoms with E-state index >= 15 is 0 Å². The summed E-state index contributed by atoms with van der Waals surface area (Å²) in [6.45, 7) is 12.0. The summed E-state index contributed by atoms with van der Waals surface area (Å²) in [6.07, 6.45) is 1.34. The largest absolute Gasteiger partial charge is 0.379 e. The highest BCUT2D eigenvalue weighted by Crippen LogP contribution is 2.28. The van der Waals surface area contributed by atoms with Crippen LogP contribution in [0.1, 0.15) is 49.9 Å². The zero-order valence-electron chi connectivity index (χ0n) is 13.3. The average molecular weight is 263 g/mol. The molecule has 0 saturated carbocycles. The molecule has 1 rings (SSSR count). The minimum atomic E-state index is 0.201. The molecular formula is C17H29NO. The highest BCUT2D eigenvalue weighted by molar-refractivity contribution is 5.36. The summed E-state index contributed by atoms with van der Waals surface area (Å²) < 4.78 is 5.76. The monoisotopic (exact) mass is 263 g/mol. The van der Waals surface area contributed by atoms with Crippen LogP contribution in [0, 0.1) is 19.8 Å². The Morgan fingerprint density at radius 2 is 1.89 bits per heavy atom. The van der Waals surface area contributed by atoms with E-state index in [-0.39, 0.29) is 12.1 Å². The maximum Gasteiger partial charge on any atom is 0.0788 e. The summed E-state index contributed by atoms with van der Waals surface area (Å²) in [4.78, 5) is 0. The van der Waals surface area contributed by atoms with Gasteiger partial charge >= 0.3 is 0 Å². The number of hydrogen-bond acceptors (Lipinski definition) is 2. The molecule has 0 fully saturated rings. The van der Waals surface area contributed by atoms with Gasteiger partial charge in [-0.1, -0.05) is 39.0 Å². The van der Waals surface area contributed by atoms with Crippen molar-refractivity contribution in [1.29, 1.82) is 0 Å². The fourth-order valence-electron chi connectivity index (χ4n) is 2.61. The van der Waals surface area contributed by atoms with Gasteiger partial charge in [0.1, 0.15) is 0 Å². The minimum absolute atomic E-state index is 0.201. The molecule has 0 spiro atoms. The fraction of sp³-hybridized carbons (Fsp3) is 0.647. The van der Waals surface area contributed by atoms with Crippen molar-refractivity contribution in [2.24, 2.45) is 5.92 Å². The maximum atomic E-state index is 5.76. The van der Waals surface area contributed by atoms with Crippen molar-refractivity contribution < 1.29 is 4.74 Å². The van der Waals surface area contributed by atoms with E-state index in [4.69, 9.17) is 4.74 Å². The molecule has 0 heterocycles. The van der Waals surface area contributed by atoms with Crippen LogP contribution in [-0.4, -0.2) is 19.8 Å². The van der Waals surface area contributed by atoms with Gasteiger partial charge in [0.15, 0.2) is 0 Å². The Balaban J connectivity index is 3.11. The quantitative estimate of drug-likeness (QED) is 0.802. The fourth-order valence-corrected chi connectivity index (χ4v) is 2.61. The number of methoxy groups -OCH3 is 1. The second kappa shape index (κ2) is 7.66. The van der Waals surface area contributed by atoms with Gasteiger partial charge in [-0.3, -0.25) is 0 Å². The van der Waals surface area contributed by atoms with E-state index in [9.17, 15) is 0 Å². The summed E-state index contributed by atoms with van der Waals surface area (Å²) >= 11 is 0. The minimum Gasteiger partial charge on any atom is -0.379 e. The summed E-state index contributed by atoms with van der Waals surface area (Å²) in [7, 11) is 1.82. The van der Waals surface area contributed by atoms with Crippen LogP contribution in [0.2, 0.25) is 0 Å². The van der Waals surface area contributed by atoms with E-state index < -0.39 is 0 Å². The number of aryl methyl sites for hydroxylation is 1. The third-order valence-electron chi connectivity index (χ3n) is 3.85. The molecule has 0 aromatic heterocycles. The zero-order chi connectivity index (χ0) is 14.4. The molecule has 2 atom stereocenters. The molecule has 2 heteroatoms. The lowest BCUT2D eigenvalue weighted by Gasteiger charge is -2.31. The van der Waals surface area contributed by atoms with Gasteiger partial charge in [0.05, 0.1) is 12.1 Å². The molecule has 1 aromatic carbocycles. The lowest BCUT2D eigenvalue weighted by molar-refractivity contribution is 0.0325. The van der Waals surface area contributed by atoms with Crippen molar-refractivity contribution in [1.82, 2.24) is 5.32 Å². The Morgan fingerprint density at radius 1 is 1.21 bits per heavy atom. The lowest BCUT2D eigenvalue weighted by Crippen LogP contribution is -2.37. The molecule has 0 aliphatic heterocycles. The van der Waals surface area contributed by atoms with Crippen LogP contribution in [0.3, 0.4) is 0 Å². The Labute approximate surface area is 118 Å². The first kappa shape index (κ1) is 16.2. The number of benzene rings is 1. The van der Waals surface area contributed by atoms with Gasteiger partial charge in [0.2, 0.25) is 0 Å². The van der Waals surface area contributed by atoms with E-state index in [2.05, 4.69) is 58.1 Å². The van der Waals surface area contributed by atoms with Gasteiger partial charge in [-0.05, 0) is 49.4 Å². The molecule has 0 aliphatic rings. The highest BCUT2D eigenvalue weighted by Gasteiger charge is 2.26. The number of rotatable bonds is 7. The number of ether oxygens (including phenoxy) is 1. The van der Waals surface area contributed by atoms with Crippen LogP contribution >= 0.6 is 0 Å². The van der Waals surface area contributed by atoms with Crippen LogP contribution < -0.4 is 5.32 Å². The molecule has 1 aromatic rings. The molecule has 108 valence electrons. The van der Waals surface area contributed by atoms with Crippen molar-refractivity contribution in [3.05, 3.63) is 34.9 Å². The van der Waals surface area contributed by atoms with Crippen LogP contribution in [0.5, 0.6) is 0 Å². The van der Waals surface area contributed by atoms with E-state index in [0.717, 1.165) is 13.0 Å². The number of nitrogens with one attached hydrogen (secondary N) is 1. The second-order valence-electron chi connectivity index (χ2n) is 5.67. The van der Waals surface area contributed by atoms with E-state index in [0.29, 0.717) is 5.92 Å². The Hall–Kier alpha value is -0.860. The summed E-state index contributed by atoms with van der Waals surface area (Å²) in [5, 5.41) is 3.66. The first-order chi connectivity index (χ1) is 9.02. The standard InChI is InChI=1S/C17H29NO/c1-7-11-18-16(17(19-6)12(2)3)15-10-8-9-13(4)14(15)5/h8-10,12,16-18H,7,11H2,1-6H3. The second-order valence-corrected chi connectivity index (χ2v) is 5.67. The molecule has 0 radical (unpaired) electrons. The Kier molecular flexibility index (Phi) is 6.53. The smallest absolute Gasteiger partial charge is 0.0788 e. The summed E-state index contributed by atoms with van der Waals surface area (Å²) in [5.74, 6) is 0.485. The van der Waals surface area contributed by atoms with E-state index in [1.807, 2.05) is 7.11 Å². The molecule has 0 bridgehead atoms. The van der Waals surface area contributed by atoms with Gasteiger partial charge < -0.3 is 10.1 Å². The molecule has 0 amide bonds. The van der Waals surface area contributed by atoms with Crippen LogP contribution in [-0.2, 0) is 4.74 Å². The molecule has 2 nitrogen and oxygen atoms in total. The molecular weight excluding hydrogens is 234 g/mol. The molecule has 2 unspecified atom stereocenters. The van der Waals surface area contributed by atoms with Gasteiger partial charge in [-0.15, -0.1) is 0 Å². The summed E-state index contributed by atoms with van der Waals surface area (Å²) in [6, 6.07) is 6.81. The van der Waals surface area contributed by atoms with E-state index in [1.165, 1.54) is 16.7 Å². The van der Waals surface area contributed by atoms with Gasteiger partial charge in [-0.2, -0.15) is 0 Å². The molecule has 0 aliphatic carbocycles. The lowest BCUT2D eigenvalue weighted by atomic mass is 9.89. The Morgan fingerprint density at radius 3 is 2.42 bits per heavy atom. The highest BCUT2D eigenvalue weighted by atomic mass is 16.5. The third kappa shape index (κ3) is 4.05. The van der Waals surface area contributed by atoms with Crippen LogP contribution in [0.25, 0.3) is 0 Å².